The quantitative estimate of drug-likeness (QED) is 0.513. The Hall–Kier alpha value is -0.340. The summed E-state index contributed by atoms with van der Waals surface area (Å²) in [4.78, 5) is 2.56. The predicted octanol–water partition coefficient (Wildman–Crippen LogP) is 1.64. The molecule has 0 saturated heterocycles. The van der Waals surface area contributed by atoms with Gasteiger partial charge in [-0.25, -0.2) is 0 Å². The maximum atomic E-state index is 3.18. The van der Waals surface area contributed by atoms with Crippen molar-refractivity contribution in [3.8, 4) is 0 Å². The maximum Gasteiger partial charge on any atom is 0.0190 e. The van der Waals surface area contributed by atoms with Crippen LogP contribution >= 0.6 is 0 Å². The first-order valence-electron chi connectivity index (χ1n) is 5.35. The maximum absolute atomic E-state index is 3.18. The van der Waals surface area contributed by atoms with Crippen molar-refractivity contribution in [2.75, 3.05) is 33.2 Å². The smallest absolute Gasteiger partial charge is 0.0190 e. The van der Waals surface area contributed by atoms with E-state index in [2.05, 4.69) is 23.2 Å². The van der Waals surface area contributed by atoms with Crippen LogP contribution in [0.15, 0.2) is 11.6 Å². The molecule has 1 aliphatic heterocycles. The molecule has 2 nitrogen and oxygen atoms in total. The van der Waals surface area contributed by atoms with Gasteiger partial charge in [-0.1, -0.05) is 11.6 Å². The van der Waals surface area contributed by atoms with E-state index in [1.807, 2.05) is 7.05 Å². The molecule has 1 aliphatic rings. The van der Waals surface area contributed by atoms with Gasteiger partial charge in [0, 0.05) is 13.1 Å². The highest BCUT2D eigenvalue weighted by atomic mass is 15.1. The van der Waals surface area contributed by atoms with E-state index in [9.17, 15) is 0 Å². The van der Waals surface area contributed by atoms with Crippen LogP contribution in [0, 0.1) is 0 Å². The third-order valence-corrected chi connectivity index (χ3v) is 2.56. The van der Waals surface area contributed by atoms with E-state index in [0.717, 1.165) is 6.54 Å². The van der Waals surface area contributed by atoms with E-state index < -0.39 is 0 Å². The minimum Gasteiger partial charge on any atom is -0.320 e. The second kappa shape index (κ2) is 6.17. The second-order valence-corrected chi connectivity index (χ2v) is 3.93. The number of hydrogen-bond acceptors (Lipinski definition) is 2. The lowest BCUT2D eigenvalue weighted by molar-refractivity contribution is 0.284. The van der Waals surface area contributed by atoms with Crippen LogP contribution in [0.1, 0.15) is 26.2 Å². The molecule has 0 unspecified atom stereocenters. The molecule has 1 rings (SSSR count). The largest absolute Gasteiger partial charge is 0.320 e. The fraction of sp³-hybridized carbons (Fsp3) is 0.818. The fourth-order valence-electron chi connectivity index (χ4n) is 1.82. The van der Waals surface area contributed by atoms with Crippen LogP contribution in [0.5, 0.6) is 0 Å². The minimum atomic E-state index is 1.16. The molecule has 0 radical (unpaired) electrons. The number of nitrogens with one attached hydrogen (secondary N) is 1. The van der Waals surface area contributed by atoms with Crippen LogP contribution in [-0.4, -0.2) is 38.1 Å². The van der Waals surface area contributed by atoms with Crippen LogP contribution in [0.25, 0.3) is 0 Å². The van der Waals surface area contributed by atoms with E-state index in [-0.39, 0.29) is 0 Å². The Morgan fingerprint density at radius 3 is 3.00 bits per heavy atom. The molecule has 0 aromatic rings. The molecule has 0 aromatic heterocycles. The fourth-order valence-corrected chi connectivity index (χ4v) is 1.82. The molecular formula is C11H22N2. The van der Waals surface area contributed by atoms with Crippen LogP contribution in [0.4, 0.5) is 0 Å². The van der Waals surface area contributed by atoms with Crippen molar-refractivity contribution < 1.29 is 0 Å². The van der Waals surface area contributed by atoms with Gasteiger partial charge in [0.25, 0.3) is 0 Å². The highest BCUT2D eigenvalue weighted by Crippen LogP contribution is 2.09. The lowest BCUT2D eigenvalue weighted by atomic mass is 10.1. The molecule has 76 valence electrons. The molecule has 0 atom stereocenters. The van der Waals surface area contributed by atoms with Gasteiger partial charge >= 0.3 is 0 Å². The molecule has 0 fully saturated rings. The zero-order valence-corrected chi connectivity index (χ0v) is 8.97. The minimum absolute atomic E-state index is 1.16. The third-order valence-electron chi connectivity index (χ3n) is 2.56. The SMILES string of the molecule is CNCCCCN1CCC=C(C)C1. The van der Waals surface area contributed by atoms with Crippen molar-refractivity contribution in [1.29, 1.82) is 0 Å². The lowest BCUT2D eigenvalue weighted by Crippen LogP contribution is -2.30. The van der Waals surface area contributed by atoms with E-state index in [0.29, 0.717) is 0 Å². The standard InChI is InChI=1S/C11H22N2/c1-11-6-5-9-13(10-11)8-4-3-7-12-2/h6,12H,3-5,7-10H2,1-2H3. The van der Waals surface area contributed by atoms with Crippen LogP contribution in [-0.2, 0) is 0 Å². The van der Waals surface area contributed by atoms with E-state index >= 15 is 0 Å². The summed E-state index contributed by atoms with van der Waals surface area (Å²) in [6.45, 7) is 7.12. The van der Waals surface area contributed by atoms with Crippen molar-refractivity contribution in [2.45, 2.75) is 26.2 Å². The monoisotopic (exact) mass is 182 g/mol. The molecule has 0 spiro atoms. The first-order valence-corrected chi connectivity index (χ1v) is 5.35. The Morgan fingerprint density at radius 2 is 2.31 bits per heavy atom. The molecule has 1 N–H and O–H groups in total. The summed E-state index contributed by atoms with van der Waals surface area (Å²) in [6, 6.07) is 0. The molecule has 0 aromatic carbocycles. The van der Waals surface area contributed by atoms with Crippen molar-refractivity contribution in [3.05, 3.63) is 11.6 Å². The van der Waals surface area contributed by atoms with Gasteiger partial charge in [0.1, 0.15) is 0 Å². The van der Waals surface area contributed by atoms with Gasteiger partial charge in [0.15, 0.2) is 0 Å². The van der Waals surface area contributed by atoms with Gasteiger partial charge in [-0.2, -0.15) is 0 Å². The Morgan fingerprint density at radius 1 is 1.46 bits per heavy atom. The molecule has 0 amide bonds. The highest BCUT2D eigenvalue weighted by molar-refractivity contribution is 5.04. The molecule has 0 saturated carbocycles. The molecular weight excluding hydrogens is 160 g/mol. The Kier molecular flexibility index (Phi) is 5.09. The van der Waals surface area contributed by atoms with E-state index in [1.165, 1.54) is 38.9 Å². The Bertz CT molecular complexity index is 163. The van der Waals surface area contributed by atoms with Crippen LogP contribution in [0.2, 0.25) is 0 Å². The number of rotatable bonds is 5. The molecule has 2 heteroatoms. The summed E-state index contributed by atoms with van der Waals surface area (Å²) in [5, 5.41) is 3.18. The number of hydrogen-bond donors (Lipinski definition) is 1. The van der Waals surface area contributed by atoms with Gasteiger partial charge in [-0.15, -0.1) is 0 Å². The van der Waals surface area contributed by atoms with Crippen LogP contribution in [0.3, 0.4) is 0 Å². The van der Waals surface area contributed by atoms with E-state index in [4.69, 9.17) is 0 Å². The lowest BCUT2D eigenvalue weighted by Gasteiger charge is -2.25. The third kappa shape index (κ3) is 4.44. The number of unbranched alkanes of at least 4 members (excludes halogenated alkanes) is 1. The Balaban J connectivity index is 2.05. The summed E-state index contributed by atoms with van der Waals surface area (Å²) < 4.78 is 0. The molecule has 0 aliphatic carbocycles. The molecule has 0 bridgehead atoms. The van der Waals surface area contributed by atoms with Crippen molar-refractivity contribution in [2.24, 2.45) is 0 Å². The summed E-state index contributed by atoms with van der Waals surface area (Å²) in [7, 11) is 2.02. The predicted molar refractivity (Wildman–Crippen MR) is 58.0 cm³/mol. The van der Waals surface area contributed by atoms with Gasteiger partial charge in [0.2, 0.25) is 0 Å². The van der Waals surface area contributed by atoms with Gasteiger partial charge in [-0.3, -0.25) is 4.90 Å². The molecule has 13 heavy (non-hydrogen) atoms. The first-order chi connectivity index (χ1) is 6.33. The van der Waals surface area contributed by atoms with Crippen molar-refractivity contribution in [3.63, 3.8) is 0 Å². The highest BCUT2D eigenvalue weighted by Gasteiger charge is 2.08. The topological polar surface area (TPSA) is 15.3 Å². The number of nitrogens with zero attached hydrogens (tertiary/aromatic N) is 1. The average molecular weight is 182 g/mol. The summed E-state index contributed by atoms with van der Waals surface area (Å²) >= 11 is 0. The average Bonchev–Trinajstić information content (AvgIpc) is 2.13. The van der Waals surface area contributed by atoms with Gasteiger partial charge < -0.3 is 5.32 Å². The van der Waals surface area contributed by atoms with Crippen molar-refractivity contribution in [1.82, 2.24) is 10.2 Å². The first kappa shape index (κ1) is 10.7. The summed E-state index contributed by atoms with van der Waals surface area (Å²) in [5.41, 5.74) is 1.54. The zero-order chi connectivity index (χ0) is 9.52. The van der Waals surface area contributed by atoms with Crippen LogP contribution < -0.4 is 5.32 Å². The summed E-state index contributed by atoms with van der Waals surface area (Å²) in [5.74, 6) is 0. The van der Waals surface area contributed by atoms with Crippen molar-refractivity contribution >= 4 is 0 Å². The Labute approximate surface area is 82.0 Å². The van der Waals surface area contributed by atoms with Gasteiger partial charge in [0.05, 0.1) is 0 Å². The second-order valence-electron chi connectivity index (χ2n) is 3.93. The van der Waals surface area contributed by atoms with E-state index in [1.54, 1.807) is 5.57 Å². The normalized spacial score (nSPS) is 18.8. The molecule has 1 heterocycles. The summed E-state index contributed by atoms with van der Waals surface area (Å²) in [6.07, 6.45) is 6.24. The van der Waals surface area contributed by atoms with Gasteiger partial charge in [-0.05, 0) is 46.3 Å². The zero-order valence-electron chi connectivity index (χ0n) is 8.97.